The van der Waals surface area contributed by atoms with Crippen LogP contribution in [0.5, 0.6) is 0 Å². The van der Waals surface area contributed by atoms with Crippen LogP contribution >= 0.6 is 0 Å². The van der Waals surface area contributed by atoms with Gasteiger partial charge in [0.2, 0.25) is 0 Å². The molecule has 1 N–H and O–H groups in total. The molecule has 3 aromatic rings. The van der Waals surface area contributed by atoms with E-state index in [0.29, 0.717) is 0 Å². The summed E-state index contributed by atoms with van der Waals surface area (Å²) in [6.07, 6.45) is 3.19. The van der Waals surface area contributed by atoms with Crippen molar-refractivity contribution in [2.45, 2.75) is 0 Å². The van der Waals surface area contributed by atoms with E-state index in [4.69, 9.17) is 0 Å². The van der Waals surface area contributed by atoms with E-state index in [1.54, 1.807) is 6.20 Å². The van der Waals surface area contributed by atoms with E-state index in [1.807, 2.05) is 30.3 Å². The molecule has 0 atom stereocenters. The summed E-state index contributed by atoms with van der Waals surface area (Å²) >= 11 is 0. The first kappa shape index (κ1) is 15.3. The number of pyridine rings is 1. The average molecular weight is 320 g/mol. The van der Waals surface area contributed by atoms with Crippen molar-refractivity contribution >= 4 is 28.7 Å². The van der Waals surface area contributed by atoms with Crippen LogP contribution in [0.25, 0.3) is 10.9 Å². The lowest BCUT2D eigenvalue weighted by Gasteiger charge is -2.00. The summed E-state index contributed by atoms with van der Waals surface area (Å²) in [5.74, 6) is -0.520. The Morgan fingerprint density at radius 3 is 2.88 bits per heavy atom. The van der Waals surface area contributed by atoms with Crippen molar-refractivity contribution in [3.8, 4) is 0 Å². The predicted octanol–water partition coefficient (Wildman–Crippen LogP) is 2.91. The van der Waals surface area contributed by atoms with E-state index in [1.165, 1.54) is 30.5 Å². The van der Waals surface area contributed by atoms with Gasteiger partial charge in [-0.3, -0.25) is 19.9 Å². The Bertz CT molecular complexity index is 953. The third-order valence-electron chi connectivity index (χ3n) is 3.33. The lowest BCUT2D eigenvalue weighted by molar-refractivity contribution is -0.384. The minimum absolute atomic E-state index is 0.146. The second-order valence-corrected chi connectivity index (χ2v) is 4.96. The quantitative estimate of drug-likeness (QED) is 0.454. The van der Waals surface area contributed by atoms with Crippen LogP contribution in [-0.4, -0.2) is 22.0 Å². The number of carbonyl (C=O) groups is 1. The van der Waals surface area contributed by atoms with Gasteiger partial charge in [-0.15, -0.1) is 0 Å². The molecular formula is C17H12N4O3. The highest BCUT2D eigenvalue weighted by Gasteiger charge is 2.10. The van der Waals surface area contributed by atoms with Crippen molar-refractivity contribution < 1.29 is 9.72 Å². The highest BCUT2D eigenvalue weighted by atomic mass is 16.6. The average Bonchev–Trinajstić information content (AvgIpc) is 2.61. The smallest absolute Gasteiger partial charge is 0.267 e. The fraction of sp³-hybridized carbons (Fsp3) is 0. The van der Waals surface area contributed by atoms with E-state index in [-0.39, 0.29) is 11.3 Å². The summed E-state index contributed by atoms with van der Waals surface area (Å²) < 4.78 is 0. The van der Waals surface area contributed by atoms with E-state index < -0.39 is 10.8 Å². The number of amides is 1. The molecule has 0 fully saturated rings. The molecule has 0 saturated carbocycles. The number of rotatable bonds is 4. The van der Waals surface area contributed by atoms with Gasteiger partial charge in [0.25, 0.3) is 11.6 Å². The molecule has 7 nitrogen and oxygen atoms in total. The molecule has 3 rings (SSSR count). The third kappa shape index (κ3) is 3.41. The maximum Gasteiger partial charge on any atom is 0.271 e. The maximum absolute atomic E-state index is 12.0. The van der Waals surface area contributed by atoms with Gasteiger partial charge in [-0.2, -0.15) is 5.10 Å². The first-order chi connectivity index (χ1) is 11.6. The summed E-state index contributed by atoms with van der Waals surface area (Å²) in [5, 5.41) is 15.6. The Balaban J connectivity index is 1.71. The predicted molar refractivity (Wildman–Crippen MR) is 89.9 cm³/mol. The molecule has 1 aromatic heterocycles. The lowest BCUT2D eigenvalue weighted by Crippen LogP contribution is -2.17. The van der Waals surface area contributed by atoms with E-state index >= 15 is 0 Å². The van der Waals surface area contributed by atoms with Gasteiger partial charge in [0.15, 0.2) is 0 Å². The summed E-state index contributed by atoms with van der Waals surface area (Å²) in [5.41, 5.74) is 3.97. The minimum Gasteiger partial charge on any atom is -0.267 e. The van der Waals surface area contributed by atoms with Crippen LogP contribution in [0.1, 0.15) is 15.9 Å². The fourth-order valence-electron chi connectivity index (χ4n) is 2.15. The number of hydrogen-bond acceptors (Lipinski definition) is 5. The highest BCUT2D eigenvalue weighted by Crippen LogP contribution is 2.13. The van der Waals surface area contributed by atoms with Crippen LogP contribution in [0.4, 0.5) is 5.69 Å². The van der Waals surface area contributed by atoms with Crippen LogP contribution < -0.4 is 5.43 Å². The van der Waals surface area contributed by atoms with Crippen molar-refractivity contribution in [2.75, 3.05) is 0 Å². The summed E-state index contributed by atoms with van der Waals surface area (Å²) in [7, 11) is 0. The Morgan fingerprint density at radius 2 is 2.04 bits per heavy atom. The molecule has 0 unspecified atom stereocenters. The van der Waals surface area contributed by atoms with Crippen LogP contribution in [0.3, 0.4) is 0 Å². The van der Waals surface area contributed by atoms with Gasteiger partial charge in [-0.05, 0) is 23.8 Å². The Kier molecular flexibility index (Phi) is 4.24. The molecule has 0 aliphatic carbocycles. The number of benzene rings is 2. The molecule has 0 bridgehead atoms. The van der Waals surface area contributed by atoms with E-state index in [0.717, 1.165) is 16.5 Å². The number of carbonyl (C=O) groups excluding carboxylic acids is 1. The molecule has 2 aromatic carbocycles. The maximum atomic E-state index is 12.0. The number of hydrazone groups is 1. The van der Waals surface area contributed by atoms with Crippen molar-refractivity contribution in [1.82, 2.24) is 10.4 Å². The van der Waals surface area contributed by atoms with Crippen molar-refractivity contribution in [2.24, 2.45) is 5.10 Å². The van der Waals surface area contributed by atoms with Crippen molar-refractivity contribution in [3.05, 3.63) is 82.0 Å². The zero-order chi connectivity index (χ0) is 16.9. The van der Waals surface area contributed by atoms with Gasteiger partial charge in [0.1, 0.15) is 0 Å². The summed E-state index contributed by atoms with van der Waals surface area (Å²) in [6.45, 7) is 0. The standard InChI is InChI=1S/C17H12N4O3/c22-17(14-3-1-5-15(10-14)21(23)24)20-19-11-12-6-7-13-4-2-8-18-16(13)9-12/h1-11H,(H,20,22). The molecule has 0 aliphatic rings. The van der Waals surface area contributed by atoms with Crippen molar-refractivity contribution in [3.63, 3.8) is 0 Å². The summed E-state index contributed by atoms with van der Waals surface area (Å²) in [4.78, 5) is 26.4. The number of nitro groups is 1. The summed E-state index contributed by atoms with van der Waals surface area (Å²) in [6, 6.07) is 14.9. The van der Waals surface area contributed by atoms with Gasteiger partial charge in [0.05, 0.1) is 16.7 Å². The van der Waals surface area contributed by atoms with Gasteiger partial charge in [-0.25, -0.2) is 5.43 Å². The largest absolute Gasteiger partial charge is 0.271 e. The third-order valence-corrected chi connectivity index (χ3v) is 3.33. The van der Waals surface area contributed by atoms with Crippen LogP contribution in [-0.2, 0) is 0 Å². The number of nitro benzene ring substituents is 1. The topological polar surface area (TPSA) is 97.5 Å². The monoisotopic (exact) mass is 320 g/mol. The lowest BCUT2D eigenvalue weighted by atomic mass is 10.1. The van der Waals surface area contributed by atoms with Crippen LogP contribution in [0.15, 0.2) is 65.9 Å². The molecule has 1 heterocycles. The normalized spacial score (nSPS) is 10.8. The number of non-ortho nitro benzene ring substituents is 1. The van der Waals surface area contributed by atoms with Gasteiger partial charge >= 0.3 is 0 Å². The molecule has 0 radical (unpaired) electrons. The first-order valence-corrected chi connectivity index (χ1v) is 7.06. The molecular weight excluding hydrogens is 308 g/mol. The Morgan fingerprint density at radius 1 is 1.17 bits per heavy atom. The van der Waals surface area contributed by atoms with Gasteiger partial charge < -0.3 is 0 Å². The highest BCUT2D eigenvalue weighted by molar-refractivity contribution is 5.95. The molecule has 0 aliphatic heterocycles. The molecule has 7 heteroatoms. The SMILES string of the molecule is O=C(NN=Cc1ccc2cccnc2c1)c1cccc([N+](=O)[O-])c1. The second-order valence-electron chi connectivity index (χ2n) is 4.96. The molecule has 1 amide bonds. The Labute approximate surface area is 136 Å². The van der Waals surface area contributed by atoms with E-state index in [9.17, 15) is 14.9 Å². The minimum atomic E-state index is -0.553. The number of fused-ring (bicyclic) bond motifs is 1. The zero-order valence-electron chi connectivity index (χ0n) is 12.4. The van der Waals surface area contributed by atoms with Gasteiger partial charge in [0, 0.05) is 29.3 Å². The number of hydrogen-bond donors (Lipinski definition) is 1. The number of aromatic nitrogens is 1. The Hall–Kier alpha value is -3.61. The molecule has 118 valence electrons. The first-order valence-electron chi connectivity index (χ1n) is 7.06. The molecule has 0 saturated heterocycles. The van der Waals surface area contributed by atoms with Crippen LogP contribution in [0.2, 0.25) is 0 Å². The number of nitrogens with zero attached hydrogens (tertiary/aromatic N) is 3. The molecule has 0 spiro atoms. The molecule has 24 heavy (non-hydrogen) atoms. The van der Waals surface area contributed by atoms with Gasteiger partial charge in [-0.1, -0.05) is 24.3 Å². The fourth-order valence-corrected chi connectivity index (χ4v) is 2.15. The number of nitrogens with one attached hydrogen (secondary N) is 1. The second kappa shape index (κ2) is 6.66. The zero-order valence-corrected chi connectivity index (χ0v) is 12.4. The van der Waals surface area contributed by atoms with E-state index in [2.05, 4.69) is 15.5 Å². The van der Waals surface area contributed by atoms with Crippen molar-refractivity contribution in [1.29, 1.82) is 0 Å². The van der Waals surface area contributed by atoms with Crippen LogP contribution in [0, 0.1) is 10.1 Å².